The van der Waals surface area contributed by atoms with E-state index < -0.39 is 9.84 Å². The number of carbonyl (C=O) groups is 1. The summed E-state index contributed by atoms with van der Waals surface area (Å²) in [5, 5.41) is 0. The van der Waals surface area contributed by atoms with E-state index in [0.717, 1.165) is 26.2 Å². The molecule has 2 saturated heterocycles. The molecule has 1 amide bonds. The van der Waals surface area contributed by atoms with Gasteiger partial charge in [-0.1, -0.05) is 18.2 Å². The van der Waals surface area contributed by atoms with Gasteiger partial charge in [0.05, 0.1) is 17.5 Å². The van der Waals surface area contributed by atoms with Gasteiger partial charge in [0.2, 0.25) is 5.91 Å². The predicted octanol–water partition coefficient (Wildman–Crippen LogP) is 0.843. The molecule has 2 atom stereocenters. The maximum Gasteiger partial charge on any atom is 0.239 e. The number of benzene rings is 1. The van der Waals surface area contributed by atoms with Gasteiger partial charge in [0.25, 0.3) is 0 Å². The van der Waals surface area contributed by atoms with E-state index in [-0.39, 0.29) is 29.5 Å². The molecule has 0 unspecified atom stereocenters. The number of carbonyl (C=O) groups excluding carboxylic acids is 1. The molecule has 0 spiro atoms. The van der Waals surface area contributed by atoms with Crippen molar-refractivity contribution >= 4 is 21.4 Å². The Hall–Kier alpha value is -1.60. The first-order valence-corrected chi connectivity index (χ1v) is 10.7. The number of para-hydroxylation sites is 1. The van der Waals surface area contributed by atoms with Crippen LogP contribution < -0.4 is 4.90 Å². The number of piperazine rings is 1. The summed E-state index contributed by atoms with van der Waals surface area (Å²) >= 11 is 0. The minimum absolute atomic E-state index is 0.0234. The van der Waals surface area contributed by atoms with E-state index in [1.54, 1.807) is 11.9 Å². The van der Waals surface area contributed by atoms with Crippen LogP contribution in [0.3, 0.4) is 0 Å². The van der Waals surface area contributed by atoms with Crippen LogP contribution in [0.2, 0.25) is 0 Å². The maximum absolute atomic E-state index is 12.8. The number of likely N-dealkylation sites (N-methyl/N-ethyl adjacent to an activating group) is 1. The molecule has 2 fully saturated rings. The van der Waals surface area contributed by atoms with Crippen LogP contribution in [0.25, 0.3) is 0 Å². The van der Waals surface area contributed by atoms with Crippen LogP contribution in [0.15, 0.2) is 30.3 Å². The highest BCUT2D eigenvalue weighted by atomic mass is 32.2. The first-order valence-electron chi connectivity index (χ1n) is 8.88. The molecule has 0 saturated carbocycles. The molecule has 1 aromatic rings. The average Bonchev–Trinajstić information content (AvgIpc) is 3.00. The molecular formula is C18H27N3O3S. The Balaban J connectivity index is 1.55. The van der Waals surface area contributed by atoms with Crippen molar-refractivity contribution in [3.05, 3.63) is 30.3 Å². The van der Waals surface area contributed by atoms with Crippen LogP contribution in [0.4, 0.5) is 5.69 Å². The third-order valence-electron chi connectivity index (χ3n) is 5.44. The second-order valence-corrected chi connectivity index (χ2v) is 9.27. The summed E-state index contributed by atoms with van der Waals surface area (Å²) in [6.45, 7) is 5.38. The van der Waals surface area contributed by atoms with Gasteiger partial charge in [-0.25, -0.2) is 8.42 Å². The van der Waals surface area contributed by atoms with Crippen LogP contribution in [0.5, 0.6) is 0 Å². The summed E-state index contributed by atoms with van der Waals surface area (Å²) in [4.78, 5) is 18.9. The molecule has 138 valence electrons. The third-order valence-corrected chi connectivity index (χ3v) is 7.19. The summed E-state index contributed by atoms with van der Waals surface area (Å²) in [6.07, 6.45) is 0.555. The predicted molar refractivity (Wildman–Crippen MR) is 99.5 cm³/mol. The first kappa shape index (κ1) is 18.2. The number of anilines is 1. The number of hydrogen-bond acceptors (Lipinski definition) is 5. The fourth-order valence-corrected chi connectivity index (χ4v) is 5.49. The Labute approximate surface area is 150 Å². The van der Waals surface area contributed by atoms with Crippen molar-refractivity contribution < 1.29 is 13.2 Å². The maximum atomic E-state index is 12.8. The zero-order valence-corrected chi connectivity index (χ0v) is 15.8. The largest absolute Gasteiger partial charge is 0.369 e. The number of nitrogens with zero attached hydrogens (tertiary/aromatic N) is 3. The summed E-state index contributed by atoms with van der Waals surface area (Å²) < 4.78 is 23.3. The van der Waals surface area contributed by atoms with E-state index in [1.807, 2.05) is 25.1 Å². The lowest BCUT2D eigenvalue weighted by atomic mass is 10.1. The van der Waals surface area contributed by atoms with Gasteiger partial charge < -0.3 is 9.80 Å². The van der Waals surface area contributed by atoms with Gasteiger partial charge in [-0.3, -0.25) is 9.69 Å². The molecule has 7 heteroatoms. The van der Waals surface area contributed by atoms with Gasteiger partial charge in [0.15, 0.2) is 9.84 Å². The smallest absolute Gasteiger partial charge is 0.239 e. The van der Waals surface area contributed by atoms with Crippen molar-refractivity contribution in [2.75, 3.05) is 49.6 Å². The fourth-order valence-electron chi connectivity index (χ4n) is 3.72. The number of rotatable bonds is 4. The Morgan fingerprint density at radius 3 is 2.36 bits per heavy atom. The first-order chi connectivity index (χ1) is 11.9. The van der Waals surface area contributed by atoms with Gasteiger partial charge in [-0.15, -0.1) is 0 Å². The quantitative estimate of drug-likeness (QED) is 0.791. The second-order valence-electron chi connectivity index (χ2n) is 7.04. The highest BCUT2D eigenvalue weighted by Crippen LogP contribution is 2.20. The van der Waals surface area contributed by atoms with E-state index in [9.17, 15) is 13.2 Å². The topological polar surface area (TPSA) is 60.9 Å². The zero-order chi connectivity index (χ0) is 18.0. The minimum Gasteiger partial charge on any atom is -0.369 e. The lowest BCUT2D eigenvalue weighted by Gasteiger charge is -2.40. The molecule has 3 rings (SSSR count). The van der Waals surface area contributed by atoms with Crippen molar-refractivity contribution in [1.82, 2.24) is 9.80 Å². The highest BCUT2D eigenvalue weighted by Gasteiger charge is 2.35. The standard InChI is InChI=1S/C18H27N3O3S/c1-15(18(22)19(2)17-8-13-25(23,24)14-17)20-9-11-21(12-10-20)16-6-4-3-5-7-16/h3-7,15,17H,8-14H2,1-2H3/t15-,17-/m1/s1. The van der Waals surface area contributed by atoms with Crippen LogP contribution in [0, 0.1) is 0 Å². The molecule has 2 heterocycles. The molecule has 0 aliphatic carbocycles. The van der Waals surface area contributed by atoms with E-state index >= 15 is 0 Å². The van der Waals surface area contributed by atoms with Gasteiger partial charge in [-0.2, -0.15) is 0 Å². The van der Waals surface area contributed by atoms with Crippen LogP contribution >= 0.6 is 0 Å². The third kappa shape index (κ3) is 4.15. The summed E-state index contributed by atoms with van der Waals surface area (Å²) in [5.41, 5.74) is 1.22. The van der Waals surface area contributed by atoms with Crippen molar-refractivity contribution in [3.63, 3.8) is 0 Å². The van der Waals surface area contributed by atoms with Gasteiger partial charge in [-0.05, 0) is 25.5 Å². The van der Waals surface area contributed by atoms with Gasteiger partial charge in [0.1, 0.15) is 0 Å². The van der Waals surface area contributed by atoms with Crippen LogP contribution in [0.1, 0.15) is 13.3 Å². The fraction of sp³-hybridized carbons (Fsp3) is 0.611. The van der Waals surface area contributed by atoms with Crippen molar-refractivity contribution in [2.24, 2.45) is 0 Å². The second kappa shape index (κ2) is 7.33. The molecule has 2 aliphatic rings. The SMILES string of the molecule is C[C@H](C(=O)N(C)[C@@H]1CCS(=O)(=O)C1)N1CCN(c2ccccc2)CC1. The van der Waals surface area contributed by atoms with Gasteiger partial charge in [0, 0.05) is 45.0 Å². The lowest BCUT2D eigenvalue weighted by molar-refractivity contribution is -0.136. The molecule has 0 radical (unpaired) electrons. The summed E-state index contributed by atoms with van der Waals surface area (Å²) in [6, 6.07) is 9.92. The van der Waals surface area contributed by atoms with Crippen molar-refractivity contribution in [2.45, 2.75) is 25.4 Å². The Morgan fingerprint density at radius 1 is 1.16 bits per heavy atom. The van der Waals surface area contributed by atoms with E-state index in [1.165, 1.54) is 5.69 Å². The Bertz CT molecular complexity index is 700. The van der Waals surface area contributed by atoms with Crippen molar-refractivity contribution in [1.29, 1.82) is 0 Å². The lowest BCUT2D eigenvalue weighted by Crippen LogP contribution is -2.55. The zero-order valence-electron chi connectivity index (χ0n) is 15.0. The molecule has 1 aromatic carbocycles. The average molecular weight is 365 g/mol. The van der Waals surface area contributed by atoms with E-state index in [4.69, 9.17) is 0 Å². The molecule has 0 aromatic heterocycles. The van der Waals surface area contributed by atoms with Gasteiger partial charge >= 0.3 is 0 Å². The Morgan fingerprint density at radius 2 is 1.80 bits per heavy atom. The highest BCUT2D eigenvalue weighted by molar-refractivity contribution is 7.91. The van der Waals surface area contributed by atoms with E-state index in [2.05, 4.69) is 21.9 Å². The monoisotopic (exact) mass is 365 g/mol. The van der Waals surface area contributed by atoms with Crippen molar-refractivity contribution in [3.8, 4) is 0 Å². The summed E-state index contributed by atoms with van der Waals surface area (Å²) in [5.74, 6) is 0.318. The number of hydrogen-bond donors (Lipinski definition) is 0. The molecule has 6 nitrogen and oxygen atoms in total. The molecule has 2 aliphatic heterocycles. The number of amides is 1. The minimum atomic E-state index is -2.98. The molecular weight excluding hydrogens is 338 g/mol. The molecule has 0 bridgehead atoms. The van der Waals surface area contributed by atoms with Crippen LogP contribution in [-0.4, -0.2) is 80.9 Å². The van der Waals surface area contributed by atoms with Crippen LogP contribution in [-0.2, 0) is 14.6 Å². The van der Waals surface area contributed by atoms with E-state index in [0.29, 0.717) is 6.42 Å². The Kier molecular flexibility index (Phi) is 5.34. The normalized spacial score (nSPS) is 24.9. The molecule has 25 heavy (non-hydrogen) atoms. The summed E-state index contributed by atoms with van der Waals surface area (Å²) in [7, 11) is -1.24. The number of sulfone groups is 1. The molecule has 0 N–H and O–H groups in total.